The molecule has 1 atom stereocenters. The van der Waals surface area contributed by atoms with Crippen molar-refractivity contribution in [3.63, 3.8) is 0 Å². The fourth-order valence-corrected chi connectivity index (χ4v) is 2.92. The predicted molar refractivity (Wildman–Crippen MR) is 87.8 cm³/mol. The minimum absolute atomic E-state index is 0.0235. The second kappa shape index (κ2) is 8.89. The minimum Gasteiger partial charge on any atom is -0.481 e. The third kappa shape index (κ3) is 6.59. The smallest absolute Gasteiger partial charge is 0.303 e. The van der Waals surface area contributed by atoms with Crippen molar-refractivity contribution >= 4 is 17.8 Å². The second-order valence-electron chi connectivity index (χ2n) is 7.25. The van der Waals surface area contributed by atoms with Crippen LogP contribution < -0.4 is 5.32 Å². The van der Waals surface area contributed by atoms with Crippen LogP contribution >= 0.6 is 0 Å². The molecule has 0 aromatic heterocycles. The highest BCUT2D eigenvalue weighted by Crippen LogP contribution is 2.21. The first-order valence-electron chi connectivity index (χ1n) is 8.50. The van der Waals surface area contributed by atoms with E-state index < -0.39 is 12.0 Å². The van der Waals surface area contributed by atoms with Crippen LogP contribution in [0.25, 0.3) is 0 Å². The fourth-order valence-electron chi connectivity index (χ4n) is 2.92. The summed E-state index contributed by atoms with van der Waals surface area (Å²) >= 11 is 0. The van der Waals surface area contributed by atoms with Gasteiger partial charge in [0.25, 0.3) is 0 Å². The Hall–Kier alpha value is -1.59. The van der Waals surface area contributed by atoms with Gasteiger partial charge in [-0.25, -0.2) is 0 Å². The summed E-state index contributed by atoms with van der Waals surface area (Å²) in [6, 6.07) is -0.503. The third-order valence-electron chi connectivity index (χ3n) is 4.23. The lowest BCUT2D eigenvalue weighted by atomic mass is 9.92. The number of hydrogen-bond donors (Lipinski definition) is 2. The second-order valence-corrected chi connectivity index (χ2v) is 7.25. The molecule has 1 unspecified atom stereocenters. The van der Waals surface area contributed by atoms with Crippen LogP contribution in [0.1, 0.15) is 53.4 Å². The molecule has 1 saturated heterocycles. The number of nitrogens with one attached hydrogen (secondary N) is 1. The molecule has 132 valence electrons. The van der Waals surface area contributed by atoms with E-state index in [0.29, 0.717) is 32.4 Å². The largest absolute Gasteiger partial charge is 0.481 e. The molecule has 0 bridgehead atoms. The molecule has 1 heterocycles. The van der Waals surface area contributed by atoms with E-state index in [1.807, 2.05) is 27.7 Å². The maximum atomic E-state index is 12.7. The lowest BCUT2D eigenvalue weighted by Gasteiger charge is -2.35. The van der Waals surface area contributed by atoms with E-state index in [9.17, 15) is 14.4 Å². The van der Waals surface area contributed by atoms with Gasteiger partial charge in [0.15, 0.2) is 0 Å². The molecule has 0 spiro atoms. The molecular formula is C17H30N2O4. The fraction of sp³-hybridized carbons (Fsp3) is 0.824. The van der Waals surface area contributed by atoms with E-state index in [2.05, 4.69) is 5.32 Å². The molecule has 6 heteroatoms. The summed E-state index contributed by atoms with van der Waals surface area (Å²) in [5, 5.41) is 11.7. The van der Waals surface area contributed by atoms with Gasteiger partial charge in [0.2, 0.25) is 11.8 Å². The summed E-state index contributed by atoms with van der Waals surface area (Å²) in [6.07, 6.45) is 2.00. The molecule has 1 rings (SSSR count). The van der Waals surface area contributed by atoms with Gasteiger partial charge in [-0.15, -0.1) is 0 Å². The van der Waals surface area contributed by atoms with Gasteiger partial charge in [-0.3, -0.25) is 14.4 Å². The first kappa shape index (κ1) is 19.5. The standard InChI is InChI=1S/C17H30N2O4/c1-11(2)9-14(20)18-16(12(3)4)17(23)19-7-5-13(6-8-19)10-15(21)22/h11-13,16H,5-10H2,1-4H3,(H,18,20)(H,21,22). The van der Waals surface area contributed by atoms with Crippen LogP contribution in [0.5, 0.6) is 0 Å². The van der Waals surface area contributed by atoms with Gasteiger partial charge in [-0.1, -0.05) is 27.7 Å². The van der Waals surface area contributed by atoms with Crippen molar-refractivity contribution < 1.29 is 19.5 Å². The van der Waals surface area contributed by atoms with Crippen LogP contribution in [0.15, 0.2) is 0 Å². The Kier molecular flexibility index (Phi) is 7.52. The number of piperidine rings is 1. The Morgan fingerprint density at radius 1 is 1.13 bits per heavy atom. The van der Waals surface area contributed by atoms with Gasteiger partial charge in [0.05, 0.1) is 0 Å². The molecule has 0 saturated carbocycles. The molecule has 0 radical (unpaired) electrons. The highest BCUT2D eigenvalue weighted by Gasteiger charge is 2.31. The predicted octanol–water partition coefficient (Wildman–Crippen LogP) is 1.89. The SMILES string of the molecule is CC(C)CC(=O)NC(C(=O)N1CCC(CC(=O)O)CC1)C(C)C. The Bertz CT molecular complexity index is 426. The number of carboxylic acid groups (broad SMARTS) is 1. The van der Waals surface area contributed by atoms with Gasteiger partial charge in [0.1, 0.15) is 6.04 Å². The van der Waals surface area contributed by atoms with Gasteiger partial charge < -0.3 is 15.3 Å². The van der Waals surface area contributed by atoms with Crippen LogP contribution in [0.3, 0.4) is 0 Å². The van der Waals surface area contributed by atoms with Crippen LogP contribution in [-0.4, -0.2) is 46.9 Å². The van der Waals surface area contributed by atoms with Gasteiger partial charge in [0, 0.05) is 25.9 Å². The average molecular weight is 326 g/mol. The molecule has 2 N–H and O–H groups in total. The summed E-state index contributed by atoms with van der Waals surface area (Å²) in [5.41, 5.74) is 0. The molecule has 0 aliphatic carbocycles. The van der Waals surface area contributed by atoms with Crippen molar-refractivity contribution in [2.45, 2.75) is 59.4 Å². The molecule has 1 aliphatic rings. The summed E-state index contributed by atoms with van der Waals surface area (Å²) < 4.78 is 0. The zero-order valence-electron chi connectivity index (χ0n) is 14.7. The van der Waals surface area contributed by atoms with Gasteiger partial charge >= 0.3 is 5.97 Å². The molecule has 1 aliphatic heterocycles. The molecule has 6 nitrogen and oxygen atoms in total. The molecule has 1 fully saturated rings. The van der Waals surface area contributed by atoms with E-state index >= 15 is 0 Å². The number of rotatable bonds is 7. The number of nitrogens with zero attached hydrogens (tertiary/aromatic N) is 1. The summed E-state index contributed by atoms with van der Waals surface area (Å²) in [6.45, 7) is 8.93. The van der Waals surface area contributed by atoms with E-state index in [0.717, 1.165) is 0 Å². The average Bonchev–Trinajstić information content (AvgIpc) is 2.43. The van der Waals surface area contributed by atoms with Crippen LogP contribution in [0.4, 0.5) is 0 Å². The number of carbonyl (C=O) groups excluding carboxylic acids is 2. The van der Waals surface area contributed by atoms with Crippen molar-refractivity contribution in [3.05, 3.63) is 0 Å². The number of carbonyl (C=O) groups is 3. The number of amides is 2. The zero-order valence-corrected chi connectivity index (χ0v) is 14.7. The van der Waals surface area contributed by atoms with E-state index in [4.69, 9.17) is 5.11 Å². The van der Waals surface area contributed by atoms with Crippen molar-refractivity contribution in [1.29, 1.82) is 0 Å². The number of carboxylic acids is 1. The molecular weight excluding hydrogens is 296 g/mol. The van der Waals surface area contributed by atoms with Gasteiger partial charge in [-0.2, -0.15) is 0 Å². The Labute approximate surface area is 138 Å². The molecule has 0 aromatic carbocycles. The zero-order chi connectivity index (χ0) is 17.6. The highest BCUT2D eigenvalue weighted by molar-refractivity contribution is 5.88. The Balaban J connectivity index is 2.58. The number of aliphatic carboxylic acids is 1. The number of likely N-dealkylation sites (tertiary alicyclic amines) is 1. The summed E-state index contributed by atoms with van der Waals surface area (Å²) in [7, 11) is 0. The maximum Gasteiger partial charge on any atom is 0.303 e. The maximum absolute atomic E-state index is 12.7. The van der Waals surface area contributed by atoms with Crippen LogP contribution in [0.2, 0.25) is 0 Å². The van der Waals surface area contributed by atoms with Crippen molar-refractivity contribution in [1.82, 2.24) is 10.2 Å². The van der Waals surface area contributed by atoms with Gasteiger partial charge in [-0.05, 0) is 30.6 Å². The summed E-state index contributed by atoms with van der Waals surface area (Å²) in [4.78, 5) is 37.2. The van der Waals surface area contributed by atoms with Crippen molar-refractivity contribution in [2.24, 2.45) is 17.8 Å². The lowest BCUT2D eigenvalue weighted by Crippen LogP contribution is -2.53. The Morgan fingerprint density at radius 2 is 1.70 bits per heavy atom. The molecule has 23 heavy (non-hydrogen) atoms. The highest BCUT2D eigenvalue weighted by atomic mass is 16.4. The topological polar surface area (TPSA) is 86.7 Å². The monoisotopic (exact) mass is 326 g/mol. The molecule has 0 aromatic rings. The first-order valence-corrected chi connectivity index (χ1v) is 8.50. The Morgan fingerprint density at radius 3 is 2.13 bits per heavy atom. The minimum atomic E-state index is -0.782. The first-order chi connectivity index (χ1) is 10.7. The van der Waals surface area contributed by atoms with Crippen LogP contribution in [-0.2, 0) is 14.4 Å². The van der Waals surface area contributed by atoms with E-state index in [1.165, 1.54) is 0 Å². The quantitative estimate of drug-likeness (QED) is 0.748. The molecule has 2 amide bonds. The third-order valence-corrected chi connectivity index (χ3v) is 4.23. The summed E-state index contributed by atoms with van der Waals surface area (Å²) in [5.74, 6) is -0.501. The van der Waals surface area contributed by atoms with E-state index in [-0.39, 0.29) is 36.0 Å². The van der Waals surface area contributed by atoms with Crippen LogP contribution in [0, 0.1) is 17.8 Å². The van der Waals surface area contributed by atoms with Crippen molar-refractivity contribution in [3.8, 4) is 0 Å². The lowest BCUT2D eigenvalue weighted by molar-refractivity contribution is -0.140. The van der Waals surface area contributed by atoms with Crippen molar-refractivity contribution in [2.75, 3.05) is 13.1 Å². The number of hydrogen-bond acceptors (Lipinski definition) is 3. The normalized spacial score (nSPS) is 17.4. The van der Waals surface area contributed by atoms with E-state index in [1.54, 1.807) is 4.90 Å².